The van der Waals surface area contributed by atoms with Gasteiger partial charge in [-0.2, -0.15) is 0 Å². The first kappa shape index (κ1) is 20.0. The molecule has 0 bridgehead atoms. The molecule has 3 aromatic rings. The van der Waals surface area contributed by atoms with Crippen molar-refractivity contribution >= 4 is 5.91 Å². The van der Waals surface area contributed by atoms with Gasteiger partial charge in [0.1, 0.15) is 17.7 Å². The summed E-state index contributed by atoms with van der Waals surface area (Å²) in [6.07, 6.45) is 2.89. The first-order valence-electron chi connectivity index (χ1n) is 10.1. The highest BCUT2D eigenvalue weighted by Gasteiger charge is 2.30. The zero-order valence-electron chi connectivity index (χ0n) is 17.1. The third-order valence-electron chi connectivity index (χ3n) is 5.26. The standard InChI is InChI=1S/C24H24FN3O2/c1-15-13-26-16(2)23(28-15)19-9-10-21(25)20-12-18(30-24(19)20)14-27-22(29)11-8-17-6-4-3-5-7-17/h3-7,9-10,13,18H,8,11-12,14H2,1-2H3,(H,27,29)/t18-/m1/s1. The van der Waals surface area contributed by atoms with Gasteiger partial charge in [-0.3, -0.25) is 9.78 Å². The average Bonchev–Trinajstić information content (AvgIpc) is 3.19. The maximum Gasteiger partial charge on any atom is 0.220 e. The van der Waals surface area contributed by atoms with E-state index in [0.717, 1.165) is 22.5 Å². The van der Waals surface area contributed by atoms with Crippen LogP contribution in [0.4, 0.5) is 4.39 Å². The highest BCUT2D eigenvalue weighted by molar-refractivity contribution is 5.76. The second kappa shape index (κ2) is 8.61. The van der Waals surface area contributed by atoms with Crippen LogP contribution in [-0.4, -0.2) is 28.5 Å². The minimum atomic E-state index is -0.311. The summed E-state index contributed by atoms with van der Waals surface area (Å²) >= 11 is 0. The van der Waals surface area contributed by atoms with Crippen molar-refractivity contribution in [1.82, 2.24) is 15.3 Å². The van der Waals surface area contributed by atoms with E-state index in [2.05, 4.69) is 15.3 Å². The lowest BCUT2D eigenvalue weighted by Gasteiger charge is -2.14. The molecule has 1 atom stereocenters. The Hall–Kier alpha value is -3.28. The van der Waals surface area contributed by atoms with Gasteiger partial charge in [0, 0.05) is 30.2 Å². The van der Waals surface area contributed by atoms with E-state index in [1.165, 1.54) is 6.07 Å². The van der Waals surface area contributed by atoms with Crippen LogP contribution in [-0.2, 0) is 17.6 Å². The number of nitrogens with zero attached hydrogens (tertiary/aromatic N) is 2. The molecule has 0 fully saturated rings. The van der Waals surface area contributed by atoms with Crippen molar-refractivity contribution in [2.45, 2.75) is 39.2 Å². The average molecular weight is 405 g/mol. The molecule has 0 unspecified atom stereocenters. The van der Waals surface area contributed by atoms with Gasteiger partial charge in [0.2, 0.25) is 5.91 Å². The van der Waals surface area contributed by atoms with Gasteiger partial charge >= 0.3 is 0 Å². The summed E-state index contributed by atoms with van der Waals surface area (Å²) in [5.74, 6) is 0.158. The van der Waals surface area contributed by atoms with Crippen molar-refractivity contribution in [2.75, 3.05) is 6.54 Å². The number of nitrogens with one attached hydrogen (secondary N) is 1. The van der Waals surface area contributed by atoms with Gasteiger partial charge in [0.25, 0.3) is 0 Å². The molecule has 2 heterocycles. The molecule has 5 nitrogen and oxygen atoms in total. The Balaban J connectivity index is 1.42. The van der Waals surface area contributed by atoms with Crippen LogP contribution in [0, 0.1) is 19.7 Å². The number of fused-ring (bicyclic) bond motifs is 1. The lowest BCUT2D eigenvalue weighted by molar-refractivity contribution is -0.121. The topological polar surface area (TPSA) is 64.1 Å². The SMILES string of the molecule is Cc1cnc(C)c(-c2ccc(F)c3c2O[C@@H](CNC(=O)CCc2ccccc2)C3)n1. The molecular formula is C24H24FN3O2. The maximum absolute atomic E-state index is 14.4. The highest BCUT2D eigenvalue weighted by atomic mass is 19.1. The van der Waals surface area contributed by atoms with Gasteiger partial charge in [0.15, 0.2) is 0 Å². The molecule has 4 rings (SSSR count). The van der Waals surface area contributed by atoms with Gasteiger partial charge in [0.05, 0.1) is 23.6 Å². The van der Waals surface area contributed by atoms with Gasteiger partial charge in [-0.25, -0.2) is 9.37 Å². The molecule has 30 heavy (non-hydrogen) atoms. The fourth-order valence-electron chi connectivity index (χ4n) is 3.68. The lowest BCUT2D eigenvalue weighted by atomic mass is 10.0. The van der Waals surface area contributed by atoms with Crippen LogP contribution in [0.2, 0.25) is 0 Å². The van der Waals surface area contributed by atoms with E-state index < -0.39 is 0 Å². The number of ether oxygens (including phenoxy) is 1. The van der Waals surface area contributed by atoms with Gasteiger partial charge in [-0.1, -0.05) is 30.3 Å². The largest absolute Gasteiger partial charge is 0.487 e. The number of benzene rings is 2. The predicted molar refractivity (Wildman–Crippen MR) is 113 cm³/mol. The molecule has 0 radical (unpaired) electrons. The van der Waals surface area contributed by atoms with Crippen LogP contribution in [0.3, 0.4) is 0 Å². The quantitative estimate of drug-likeness (QED) is 0.674. The molecule has 0 saturated carbocycles. The molecular weight excluding hydrogens is 381 g/mol. The monoisotopic (exact) mass is 405 g/mol. The fraction of sp³-hybridized carbons (Fsp3) is 0.292. The number of aryl methyl sites for hydroxylation is 3. The number of hydrogen-bond acceptors (Lipinski definition) is 4. The summed E-state index contributed by atoms with van der Waals surface area (Å²) in [6, 6.07) is 13.0. The fourth-order valence-corrected chi connectivity index (χ4v) is 3.68. The summed E-state index contributed by atoms with van der Waals surface area (Å²) in [4.78, 5) is 21.2. The van der Waals surface area contributed by atoms with Gasteiger partial charge < -0.3 is 10.1 Å². The summed E-state index contributed by atoms with van der Waals surface area (Å²) in [5, 5.41) is 2.91. The van der Waals surface area contributed by atoms with Crippen molar-refractivity contribution in [3.05, 3.63) is 77.0 Å². The molecule has 0 saturated heterocycles. The van der Waals surface area contributed by atoms with E-state index in [0.29, 0.717) is 42.8 Å². The molecule has 0 aliphatic carbocycles. The Morgan fingerprint density at radius 1 is 1.20 bits per heavy atom. The Morgan fingerprint density at radius 3 is 2.80 bits per heavy atom. The van der Waals surface area contributed by atoms with Crippen molar-refractivity contribution in [1.29, 1.82) is 0 Å². The van der Waals surface area contributed by atoms with Crippen LogP contribution >= 0.6 is 0 Å². The molecule has 1 aromatic heterocycles. The molecule has 0 spiro atoms. The van der Waals surface area contributed by atoms with E-state index in [4.69, 9.17) is 4.74 Å². The number of carbonyl (C=O) groups excluding carboxylic acids is 1. The second-order valence-electron chi connectivity index (χ2n) is 7.58. The van der Waals surface area contributed by atoms with E-state index in [1.54, 1.807) is 12.3 Å². The van der Waals surface area contributed by atoms with Crippen molar-refractivity contribution < 1.29 is 13.9 Å². The predicted octanol–water partition coefficient (Wildman–Crippen LogP) is 3.95. The summed E-state index contributed by atoms with van der Waals surface area (Å²) in [7, 11) is 0. The zero-order valence-corrected chi connectivity index (χ0v) is 17.1. The third kappa shape index (κ3) is 4.32. The number of carbonyl (C=O) groups is 1. The Morgan fingerprint density at radius 2 is 2.00 bits per heavy atom. The molecule has 2 aromatic carbocycles. The normalized spacial score (nSPS) is 14.8. The molecule has 1 aliphatic heterocycles. The van der Waals surface area contributed by atoms with Gasteiger partial charge in [-0.05, 0) is 38.0 Å². The first-order chi connectivity index (χ1) is 14.5. The van der Waals surface area contributed by atoms with Crippen molar-refractivity contribution in [2.24, 2.45) is 0 Å². The molecule has 1 aliphatic rings. The smallest absolute Gasteiger partial charge is 0.220 e. The lowest BCUT2D eigenvalue weighted by Crippen LogP contribution is -2.34. The molecule has 154 valence electrons. The Labute approximate surface area is 175 Å². The molecule has 6 heteroatoms. The van der Waals surface area contributed by atoms with Gasteiger partial charge in [-0.15, -0.1) is 0 Å². The van der Waals surface area contributed by atoms with Crippen molar-refractivity contribution in [3.63, 3.8) is 0 Å². The Bertz CT molecular complexity index is 1070. The number of hydrogen-bond donors (Lipinski definition) is 1. The maximum atomic E-state index is 14.4. The summed E-state index contributed by atoms with van der Waals surface area (Å²) < 4.78 is 20.5. The van der Waals surface area contributed by atoms with Crippen LogP contribution in [0.25, 0.3) is 11.3 Å². The number of amides is 1. The molecule has 1 amide bonds. The minimum Gasteiger partial charge on any atom is -0.487 e. The third-order valence-corrected chi connectivity index (χ3v) is 5.26. The first-order valence-corrected chi connectivity index (χ1v) is 10.1. The number of halogens is 1. The van der Waals surface area contributed by atoms with E-state index >= 15 is 0 Å². The summed E-state index contributed by atoms with van der Waals surface area (Å²) in [6.45, 7) is 4.07. The zero-order chi connectivity index (χ0) is 21.1. The van der Waals surface area contributed by atoms with Crippen LogP contribution < -0.4 is 10.1 Å². The second-order valence-corrected chi connectivity index (χ2v) is 7.58. The van der Waals surface area contributed by atoms with Crippen LogP contribution in [0.15, 0.2) is 48.7 Å². The van der Waals surface area contributed by atoms with Crippen LogP contribution in [0.5, 0.6) is 5.75 Å². The minimum absolute atomic E-state index is 0.0421. The number of rotatable bonds is 6. The summed E-state index contributed by atoms with van der Waals surface area (Å²) in [5.41, 5.74) is 4.62. The highest BCUT2D eigenvalue weighted by Crippen LogP contribution is 2.40. The van der Waals surface area contributed by atoms with Crippen molar-refractivity contribution in [3.8, 4) is 17.0 Å². The van der Waals surface area contributed by atoms with Crippen LogP contribution in [0.1, 0.15) is 28.9 Å². The number of aromatic nitrogens is 2. The Kier molecular flexibility index (Phi) is 5.74. The van der Waals surface area contributed by atoms with E-state index in [9.17, 15) is 9.18 Å². The van der Waals surface area contributed by atoms with E-state index in [1.807, 2.05) is 44.2 Å². The van der Waals surface area contributed by atoms with E-state index in [-0.39, 0.29) is 17.8 Å². The molecule has 1 N–H and O–H groups in total.